The molecule has 2 rings (SSSR count). The van der Waals surface area contributed by atoms with Crippen LogP contribution in [0.2, 0.25) is 0 Å². The third kappa shape index (κ3) is 6.05. The summed E-state index contributed by atoms with van der Waals surface area (Å²) >= 11 is 1.81. The molecular weight excluding hydrogens is 278 g/mol. The van der Waals surface area contributed by atoms with E-state index in [-0.39, 0.29) is 5.91 Å². The zero-order valence-electron chi connectivity index (χ0n) is 12.3. The molecule has 0 atom stereocenters. The van der Waals surface area contributed by atoms with Gasteiger partial charge in [0.1, 0.15) is 0 Å². The van der Waals surface area contributed by atoms with Gasteiger partial charge in [-0.15, -0.1) is 11.8 Å². The molecule has 0 aliphatic heterocycles. The van der Waals surface area contributed by atoms with Crippen LogP contribution in [0.4, 0.5) is 0 Å². The summed E-state index contributed by atoms with van der Waals surface area (Å²) < 4.78 is 0. The fourth-order valence-corrected chi connectivity index (χ4v) is 2.80. The first-order valence-electron chi connectivity index (χ1n) is 7.24. The number of carbonyl (C=O) groups excluding carboxylic acids is 1. The van der Waals surface area contributed by atoms with Crippen LogP contribution in [0.15, 0.2) is 59.5 Å². The Morgan fingerprint density at radius 3 is 2.48 bits per heavy atom. The maximum Gasteiger partial charge on any atom is 0.220 e. The van der Waals surface area contributed by atoms with Crippen molar-refractivity contribution >= 4 is 17.7 Å². The molecule has 0 aliphatic carbocycles. The van der Waals surface area contributed by atoms with Gasteiger partial charge >= 0.3 is 0 Å². The molecule has 0 saturated carbocycles. The fraction of sp³-hybridized carbons (Fsp3) is 0.278. The average molecular weight is 299 g/mol. The lowest BCUT2D eigenvalue weighted by Crippen LogP contribution is -2.22. The second-order valence-corrected chi connectivity index (χ2v) is 6.20. The number of carbonyl (C=O) groups is 1. The standard InChI is InChI=1S/C18H21NOS/c1-15-9-11-17(12-10-15)21-13-5-8-18(20)19-14-16-6-3-2-4-7-16/h2-4,6-7,9-12H,5,8,13-14H2,1H3,(H,19,20). The van der Waals surface area contributed by atoms with E-state index < -0.39 is 0 Å². The van der Waals surface area contributed by atoms with Crippen molar-refractivity contribution in [2.75, 3.05) is 5.75 Å². The molecule has 0 fully saturated rings. The smallest absolute Gasteiger partial charge is 0.220 e. The Balaban J connectivity index is 1.60. The molecule has 1 amide bonds. The van der Waals surface area contributed by atoms with Gasteiger partial charge in [0.15, 0.2) is 0 Å². The van der Waals surface area contributed by atoms with E-state index in [0.717, 1.165) is 17.7 Å². The van der Waals surface area contributed by atoms with Gasteiger partial charge in [0, 0.05) is 17.9 Å². The molecule has 0 radical (unpaired) electrons. The summed E-state index contributed by atoms with van der Waals surface area (Å²) in [5, 5.41) is 2.96. The van der Waals surface area contributed by atoms with E-state index in [1.54, 1.807) is 11.8 Å². The number of hydrogen-bond acceptors (Lipinski definition) is 2. The van der Waals surface area contributed by atoms with E-state index in [0.29, 0.717) is 13.0 Å². The second kappa shape index (κ2) is 8.53. The molecule has 3 heteroatoms. The number of rotatable bonds is 7. The number of thioether (sulfide) groups is 1. The van der Waals surface area contributed by atoms with Gasteiger partial charge in [0.25, 0.3) is 0 Å². The first-order chi connectivity index (χ1) is 10.2. The summed E-state index contributed by atoms with van der Waals surface area (Å²) in [5.74, 6) is 1.10. The third-order valence-corrected chi connectivity index (χ3v) is 4.27. The maximum atomic E-state index is 11.8. The molecule has 2 aromatic rings. The maximum absolute atomic E-state index is 11.8. The van der Waals surface area contributed by atoms with Crippen LogP contribution < -0.4 is 5.32 Å². The third-order valence-electron chi connectivity index (χ3n) is 3.17. The summed E-state index contributed by atoms with van der Waals surface area (Å²) in [4.78, 5) is 13.0. The zero-order chi connectivity index (χ0) is 14.9. The molecule has 0 bridgehead atoms. The first kappa shape index (κ1) is 15.6. The molecule has 2 nitrogen and oxygen atoms in total. The summed E-state index contributed by atoms with van der Waals surface area (Å²) in [6.45, 7) is 2.70. The molecular formula is C18H21NOS. The zero-order valence-corrected chi connectivity index (χ0v) is 13.2. The van der Waals surface area contributed by atoms with Crippen LogP contribution in [-0.2, 0) is 11.3 Å². The number of benzene rings is 2. The van der Waals surface area contributed by atoms with Gasteiger partial charge in [-0.2, -0.15) is 0 Å². The fourth-order valence-electron chi connectivity index (χ4n) is 1.94. The summed E-state index contributed by atoms with van der Waals surface area (Å²) in [6.07, 6.45) is 1.49. The van der Waals surface area contributed by atoms with Gasteiger partial charge in [-0.25, -0.2) is 0 Å². The Kier molecular flexibility index (Phi) is 6.35. The Labute approximate surface area is 131 Å². The lowest BCUT2D eigenvalue weighted by atomic mass is 10.2. The van der Waals surface area contributed by atoms with Crippen molar-refractivity contribution < 1.29 is 4.79 Å². The van der Waals surface area contributed by atoms with Gasteiger partial charge in [0.2, 0.25) is 5.91 Å². The van der Waals surface area contributed by atoms with Crippen LogP contribution in [-0.4, -0.2) is 11.7 Å². The van der Waals surface area contributed by atoms with Crippen LogP contribution in [0.25, 0.3) is 0 Å². The van der Waals surface area contributed by atoms with Crippen LogP contribution in [0, 0.1) is 6.92 Å². The van der Waals surface area contributed by atoms with Crippen LogP contribution >= 0.6 is 11.8 Å². The predicted molar refractivity (Wildman–Crippen MR) is 89.4 cm³/mol. The number of hydrogen-bond donors (Lipinski definition) is 1. The highest BCUT2D eigenvalue weighted by Crippen LogP contribution is 2.19. The normalized spacial score (nSPS) is 10.3. The van der Waals surface area contributed by atoms with Gasteiger partial charge in [-0.1, -0.05) is 48.0 Å². The SMILES string of the molecule is Cc1ccc(SCCCC(=O)NCc2ccccc2)cc1. The van der Waals surface area contributed by atoms with E-state index in [4.69, 9.17) is 0 Å². The summed E-state index contributed by atoms with van der Waals surface area (Å²) in [7, 11) is 0. The molecule has 1 N–H and O–H groups in total. The Morgan fingerprint density at radius 2 is 1.76 bits per heavy atom. The largest absolute Gasteiger partial charge is 0.352 e. The Bertz CT molecular complexity index is 551. The van der Waals surface area contributed by atoms with Gasteiger partial charge in [-0.3, -0.25) is 4.79 Å². The second-order valence-electron chi connectivity index (χ2n) is 5.03. The molecule has 2 aromatic carbocycles. The van der Waals surface area contributed by atoms with Crippen LogP contribution in [0.3, 0.4) is 0 Å². The van der Waals surface area contributed by atoms with Crippen LogP contribution in [0.5, 0.6) is 0 Å². The topological polar surface area (TPSA) is 29.1 Å². The Morgan fingerprint density at radius 1 is 1.05 bits per heavy atom. The molecule has 110 valence electrons. The molecule has 0 aromatic heterocycles. The van der Waals surface area contributed by atoms with Crippen molar-refractivity contribution in [3.63, 3.8) is 0 Å². The first-order valence-corrected chi connectivity index (χ1v) is 8.23. The molecule has 0 spiro atoms. The summed E-state index contributed by atoms with van der Waals surface area (Å²) in [6, 6.07) is 18.5. The van der Waals surface area contributed by atoms with Crippen molar-refractivity contribution in [2.24, 2.45) is 0 Å². The van der Waals surface area contributed by atoms with E-state index in [1.807, 2.05) is 30.3 Å². The number of aryl methyl sites for hydroxylation is 1. The van der Waals surface area contributed by atoms with Gasteiger partial charge in [-0.05, 0) is 36.8 Å². The summed E-state index contributed by atoms with van der Waals surface area (Å²) in [5.41, 5.74) is 2.42. The minimum Gasteiger partial charge on any atom is -0.352 e. The van der Waals surface area contributed by atoms with Crippen molar-refractivity contribution in [3.05, 3.63) is 65.7 Å². The number of nitrogens with one attached hydrogen (secondary N) is 1. The highest BCUT2D eigenvalue weighted by molar-refractivity contribution is 7.99. The van der Waals surface area contributed by atoms with E-state index in [1.165, 1.54) is 10.5 Å². The van der Waals surface area contributed by atoms with E-state index >= 15 is 0 Å². The van der Waals surface area contributed by atoms with Gasteiger partial charge in [0.05, 0.1) is 0 Å². The molecule has 0 aliphatic rings. The highest BCUT2D eigenvalue weighted by atomic mass is 32.2. The van der Waals surface area contributed by atoms with E-state index in [2.05, 4.69) is 36.5 Å². The van der Waals surface area contributed by atoms with E-state index in [9.17, 15) is 4.79 Å². The minimum absolute atomic E-state index is 0.128. The molecule has 0 heterocycles. The lowest BCUT2D eigenvalue weighted by molar-refractivity contribution is -0.121. The molecule has 0 saturated heterocycles. The van der Waals surface area contributed by atoms with Crippen molar-refractivity contribution in [2.45, 2.75) is 31.2 Å². The average Bonchev–Trinajstić information content (AvgIpc) is 2.52. The quantitative estimate of drug-likeness (QED) is 0.614. The monoisotopic (exact) mass is 299 g/mol. The number of amides is 1. The lowest BCUT2D eigenvalue weighted by Gasteiger charge is -2.05. The van der Waals surface area contributed by atoms with Crippen molar-refractivity contribution in [3.8, 4) is 0 Å². The van der Waals surface area contributed by atoms with Gasteiger partial charge < -0.3 is 5.32 Å². The molecule has 0 unspecified atom stereocenters. The van der Waals surface area contributed by atoms with Crippen molar-refractivity contribution in [1.29, 1.82) is 0 Å². The van der Waals surface area contributed by atoms with Crippen molar-refractivity contribution in [1.82, 2.24) is 5.32 Å². The highest BCUT2D eigenvalue weighted by Gasteiger charge is 2.01. The Hall–Kier alpha value is -1.74. The minimum atomic E-state index is 0.128. The predicted octanol–water partition coefficient (Wildman–Crippen LogP) is 4.18. The van der Waals surface area contributed by atoms with Crippen LogP contribution in [0.1, 0.15) is 24.0 Å². The molecule has 21 heavy (non-hydrogen) atoms.